The lowest BCUT2D eigenvalue weighted by Gasteiger charge is -2.23. The molecule has 0 bridgehead atoms. The summed E-state index contributed by atoms with van der Waals surface area (Å²) in [5, 5.41) is 22.3. The van der Waals surface area contributed by atoms with Gasteiger partial charge in [0.15, 0.2) is 0 Å². The third-order valence-electron chi connectivity index (χ3n) is 3.34. The fourth-order valence-electron chi connectivity index (χ4n) is 1.52. The van der Waals surface area contributed by atoms with Gasteiger partial charge in [0.1, 0.15) is 0 Å². The van der Waals surface area contributed by atoms with Crippen molar-refractivity contribution in [2.24, 2.45) is 5.41 Å². The van der Waals surface area contributed by atoms with Crippen LogP contribution in [0.15, 0.2) is 18.2 Å². The summed E-state index contributed by atoms with van der Waals surface area (Å²) >= 11 is 5.84. The Bertz CT molecular complexity index is 590. The van der Waals surface area contributed by atoms with Gasteiger partial charge in [0, 0.05) is 18.7 Å². The number of carboxylic acids is 1. The number of hydrogen-bond donors (Lipinski definition) is 2. The minimum atomic E-state index is -1.11. The van der Waals surface area contributed by atoms with Crippen molar-refractivity contribution in [3.05, 3.63) is 38.9 Å². The molecule has 8 heteroatoms. The van der Waals surface area contributed by atoms with Crippen LogP contribution in [-0.2, 0) is 4.79 Å². The van der Waals surface area contributed by atoms with Crippen LogP contribution in [0.4, 0.5) is 5.69 Å². The number of carboxylic acid groups (broad SMARTS) is 1. The molecule has 0 aliphatic carbocycles. The average Bonchev–Trinajstić information content (AvgIpc) is 2.44. The van der Waals surface area contributed by atoms with Crippen LogP contribution in [0, 0.1) is 15.5 Å². The molecular formula is C13H15ClN2O5. The summed E-state index contributed by atoms with van der Waals surface area (Å²) in [5.41, 5.74) is -1.43. The molecule has 0 fully saturated rings. The smallest absolute Gasteiger partial charge is 0.311 e. The summed E-state index contributed by atoms with van der Waals surface area (Å²) in [6, 6.07) is 3.50. The van der Waals surface area contributed by atoms with Crippen LogP contribution >= 0.6 is 11.6 Å². The largest absolute Gasteiger partial charge is 0.481 e. The van der Waals surface area contributed by atoms with E-state index in [4.69, 9.17) is 16.7 Å². The highest BCUT2D eigenvalue weighted by Gasteiger charge is 2.31. The van der Waals surface area contributed by atoms with Crippen LogP contribution in [0.3, 0.4) is 0 Å². The van der Waals surface area contributed by atoms with E-state index in [1.807, 2.05) is 0 Å². The zero-order valence-electron chi connectivity index (χ0n) is 11.6. The zero-order chi connectivity index (χ0) is 16.2. The molecule has 1 aromatic rings. The molecule has 0 saturated carbocycles. The van der Waals surface area contributed by atoms with Crippen LogP contribution < -0.4 is 5.32 Å². The molecule has 0 saturated heterocycles. The molecule has 0 heterocycles. The van der Waals surface area contributed by atoms with E-state index in [0.29, 0.717) is 6.42 Å². The molecule has 21 heavy (non-hydrogen) atoms. The number of nitro benzene ring substituents is 1. The first kappa shape index (κ1) is 16.9. The number of nitrogens with zero attached hydrogens (tertiary/aromatic N) is 1. The van der Waals surface area contributed by atoms with Crippen molar-refractivity contribution in [1.29, 1.82) is 0 Å². The van der Waals surface area contributed by atoms with E-state index in [2.05, 4.69) is 5.32 Å². The van der Waals surface area contributed by atoms with E-state index in [1.165, 1.54) is 19.1 Å². The number of aliphatic carboxylic acids is 1. The summed E-state index contributed by atoms with van der Waals surface area (Å²) in [4.78, 5) is 33.2. The molecule has 0 radical (unpaired) electrons. The van der Waals surface area contributed by atoms with Gasteiger partial charge < -0.3 is 10.4 Å². The molecular weight excluding hydrogens is 300 g/mol. The average molecular weight is 315 g/mol. The molecule has 1 atom stereocenters. The number of rotatable bonds is 6. The van der Waals surface area contributed by atoms with Gasteiger partial charge in [-0.05, 0) is 19.4 Å². The van der Waals surface area contributed by atoms with Crippen molar-refractivity contribution >= 4 is 29.2 Å². The van der Waals surface area contributed by atoms with Gasteiger partial charge in [0.05, 0.1) is 20.9 Å². The number of carbonyl (C=O) groups excluding carboxylic acids is 1. The van der Waals surface area contributed by atoms with Crippen molar-refractivity contribution in [3.8, 4) is 0 Å². The molecule has 1 unspecified atom stereocenters. The van der Waals surface area contributed by atoms with Gasteiger partial charge in [-0.15, -0.1) is 0 Å². The highest BCUT2D eigenvalue weighted by molar-refractivity contribution is 6.33. The lowest BCUT2D eigenvalue weighted by atomic mass is 9.87. The first-order chi connectivity index (χ1) is 9.71. The number of hydrogen-bond acceptors (Lipinski definition) is 4. The van der Waals surface area contributed by atoms with Crippen LogP contribution in [0.5, 0.6) is 0 Å². The van der Waals surface area contributed by atoms with Crippen molar-refractivity contribution in [3.63, 3.8) is 0 Å². The fourth-order valence-corrected chi connectivity index (χ4v) is 1.73. The molecule has 0 aromatic heterocycles. The number of halogens is 1. The van der Waals surface area contributed by atoms with Crippen molar-refractivity contribution in [2.75, 3.05) is 6.54 Å². The quantitative estimate of drug-likeness (QED) is 0.619. The maximum absolute atomic E-state index is 12.0. The van der Waals surface area contributed by atoms with Crippen LogP contribution in [0.25, 0.3) is 0 Å². The Morgan fingerprint density at radius 1 is 1.48 bits per heavy atom. The maximum Gasteiger partial charge on any atom is 0.311 e. The van der Waals surface area contributed by atoms with Crippen LogP contribution in [-0.4, -0.2) is 28.5 Å². The summed E-state index contributed by atoms with van der Waals surface area (Å²) < 4.78 is 0. The lowest BCUT2D eigenvalue weighted by molar-refractivity contribution is -0.384. The summed E-state index contributed by atoms with van der Waals surface area (Å²) in [7, 11) is 0. The minimum Gasteiger partial charge on any atom is -0.481 e. The number of benzene rings is 1. The second-order valence-electron chi connectivity index (χ2n) is 4.82. The second-order valence-corrected chi connectivity index (χ2v) is 5.23. The summed E-state index contributed by atoms with van der Waals surface area (Å²) in [6.45, 7) is 3.10. The Morgan fingerprint density at radius 2 is 2.10 bits per heavy atom. The van der Waals surface area contributed by atoms with Gasteiger partial charge in [-0.25, -0.2) is 0 Å². The van der Waals surface area contributed by atoms with E-state index in [-0.39, 0.29) is 22.8 Å². The summed E-state index contributed by atoms with van der Waals surface area (Å²) in [5.74, 6) is -1.68. The van der Waals surface area contributed by atoms with E-state index in [9.17, 15) is 19.7 Å². The molecule has 0 aliphatic rings. The van der Waals surface area contributed by atoms with E-state index in [0.717, 1.165) is 6.07 Å². The molecule has 2 N–H and O–H groups in total. The standard InChI is InChI=1S/C13H15ClN2O5/c1-3-13(2,12(18)19)7-15-11(17)9-6-8(16(20)21)4-5-10(9)14/h4-6H,3,7H2,1-2H3,(H,15,17)(H,18,19). The van der Waals surface area contributed by atoms with Crippen molar-refractivity contribution in [2.45, 2.75) is 20.3 Å². The molecule has 0 aliphatic heterocycles. The highest BCUT2D eigenvalue weighted by atomic mass is 35.5. The highest BCUT2D eigenvalue weighted by Crippen LogP contribution is 2.23. The van der Waals surface area contributed by atoms with Crippen LogP contribution in [0.2, 0.25) is 5.02 Å². The predicted molar refractivity (Wildman–Crippen MR) is 76.5 cm³/mol. The Kier molecular flexibility index (Phi) is 5.26. The van der Waals surface area contributed by atoms with Gasteiger partial charge in [0.2, 0.25) is 0 Å². The Balaban J connectivity index is 2.92. The Hall–Kier alpha value is -2.15. The Morgan fingerprint density at radius 3 is 2.57 bits per heavy atom. The van der Waals surface area contributed by atoms with Gasteiger partial charge in [-0.1, -0.05) is 18.5 Å². The Labute approximate surface area is 126 Å². The lowest BCUT2D eigenvalue weighted by Crippen LogP contribution is -2.40. The molecule has 1 amide bonds. The number of nitro groups is 1. The molecule has 1 rings (SSSR count). The SMILES string of the molecule is CCC(C)(CNC(=O)c1cc([N+](=O)[O-])ccc1Cl)C(=O)O. The maximum atomic E-state index is 12.0. The molecule has 7 nitrogen and oxygen atoms in total. The van der Waals surface area contributed by atoms with Gasteiger partial charge >= 0.3 is 5.97 Å². The van der Waals surface area contributed by atoms with E-state index < -0.39 is 22.2 Å². The topological polar surface area (TPSA) is 110 Å². The third kappa shape index (κ3) is 3.91. The van der Waals surface area contributed by atoms with Gasteiger partial charge in [-0.3, -0.25) is 19.7 Å². The number of nitrogens with one attached hydrogen (secondary N) is 1. The van der Waals surface area contributed by atoms with E-state index >= 15 is 0 Å². The van der Waals surface area contributed by atoms with Gasteiger partial charge in [0.25, 0.3) is 11.6 Å². The number of non-ortho nitro benzene ring substituents is 1. The fraction of sp³-hybridized carbons (Fsp3) is 0.385. The zero-order valence-corrected chi connectivity index (χ0v) is 12.3. The van der Waals surface area contributed by atoms with Gasteiger partial charge in [-0.2, -0.15) is 0 Å². The monoisotopic (exact) mass is 314 g/mol. The minimum absolute atomic E-state index is 0.0605. The second kappa shape index (κ2) is 6.53. The molecule has 0 spiro atoms. The first-order valence-electron chi connectivity index (χ1n) is 6.17. The molecule has 1 aromatic carbocycles. The normalized spacial score (nSPS) is 13.3. The van der Waals surface area contributed by atoms with Crippen molar-refractivity contribution < 1.29 is 19.6 Å². The first-order valence-corrected chi connectivity index (χ1v) is 6.54. The predicted octanol–water partition coefficient (Wildman–Crippen LogP) is 2.48. The van der Waals surface area contributed by atoms with Crippen molar-refractivity contribution in [1.82, 2.24) is 5.32 Å². The third-order valence-corrected chi connectivity index (χ3v) is 3.67. The van der Waals surface area contributed by atoms with Crippen LogP contribution in [0.1, 0.15) is 30.6 Å². The van der Waals surface area contributed by atoms with E-state index in [1.54, 1.807) is 6.92 Å². The number of amides is 1. The summed E-state index contributed by atoms with van der Waals surface area (Å²) in [6.07, 6.45) is 0.325. The molecule has 114 valence electrons. The number of carbonyl (C=O) groups is 2.